The van der Waals surface area contributed by atoms with Crippen LogP contribution in [0.15, 0.2) is 11.8 Å². The first-order valence-corrected chi connectivity index (χ1v) is 4.61. The van der Waals surface area contributed by atoms with Crippen molar-refractivity contribution in [2.24, 2.45) is 0 Å². The Balaban J connectivity index is 2.58. The van der Waals surface area contributed by atoms with Crippen molar-refractivity contribution in [2.45, 2.75) is 45.3 Å². The quantitative estimate of drug-likeness (QED) is 0.685. The number of aliphatic hydroxyl groups is 1. The Hall–Kier alpha value is -0.830. The van der Waals surface area contributed by atoms with Crippen LogP contribution in [0, 0.1) is 0 Å². The molecule has 1 aliphatic carbocycles. The van der Waals surface area contributed by atoms with Gasteiger partial charge in [-0.15, -0.1) is 0 Å². The van der Waals surface area contributed by atoms with E-state index >= 15 is 0 Å². The molecular weight excluding hydrogens is 166 g/mol. The van der Waals surface area contributed by atoms with Crippen LogP contribution in [-0.2, 0) is 4.79 Å². The van der Waals surface area contributed by atoms with Crippen LogP contribution < -0.4 is 5.32 Å². The summed E-state index contributed by atoms with van der Waals surface area (Å²) < 4.78 is 0. The van der Waals surface area contributed by atoms with E-state index < -0.39 is 6.10 Å². The van der Waals surface area contributed by atoms with Gasteiger partial charge in [-0.2, -0.15) is 0 Å². The van der Waals surface area contributed by atoms with Crippen molar-refractivity contribution < 1.29 is 9.90 Å². The third-order valence-corrected chi connectivity index (χ3v) is 2.50. The lowest BCUT2D eigenvalue weighted by atomic mass is 9.98. The fraction of sp³-hybridized carbons (Fsp3) is 0.700. The first-order valence-electron chi connectivity index (χ1n) is 4.61. The summed E-state index contributed by atoms with van der Waals surface area (Å²) in [7, 11) is 0. The normalized spacial score (nSPS) is 20.0. The summed E-state index contributed by atoms with van der Waals surface area (Å²) in [5, 5.41) is 12.6. The van der Waals surface area contributed by atoms with Crippen LogP contribution >= 0.6 is 0 Å². The first kappa shape index (κ1) is 10.3. The Morgan fingerprint density at radius 3 is 2.54 bits per heavy atom. The van der Waals surface area contributed by atoms with Gasteiger partial charge in [0.25, 0.3) is 0 Å². The zero-order valence-corrected chi connectivity index (χ0v) is 8.42. The highest BCUT2D eigenvalue weighted by atomic mass is 16.3. The van der Waals surface area contributed by atoms with Gasteiger partial charge in [-0.3, -0.25) is 4.79 Å². The maximum absolute atomic E-state index is 10.9. The molecule has 1 atom stereocenters. The van der Waals surface area contributed by atoms with Crippen molar-refractivity contribution in [3.63, 3.8) is 0 Å². The first-order chi connectivity index (χ1) is 5.92. The summed E-state index contributed by atoms with van der Waals surface area (Å²) in [6, 6.07) is 0. The molecule has 3 nitrogen and oxygen atoms in total. The van der Waals surface area contributed by atoms with Crippen molar-refractivity contribution in [2.75, 3.05) is 0 Å². The molecule has 1 aliphatic rings. The van der Waals surface area contributed by atoms with E-state index in [2.05, 4.69) is 5.32 Å². The minimum Gasteiger partial charge on any atom is -0.391 e. The van der Waals surface area contributed by atoms with Crippen molar-refractivity contribution in [1.82, 2.24) is 5.32 Å². The summed E-state index contributed by atoms with van der Waals surface area (Å²) in [6.07, 6.45) is 2.56. The Labute approximate surface area is 78.8 Å². The fourth-order valence-electron chi connectivity index (χ4n) is 1.21. The zero-order valence-electron chi connectivity index (χ0n) is 8.42. The number of carbonyl (C=O) groups excluding carboxylic acids is 1. The third-order valence-electron chi connectivity index (χ3n) is 2.50. The van der Waals surface area contributed by atoms with E-state index in [0.717, 1.165) is 12.1 Å². The summed E-state index contributed by atoms with van der Waals surface area (Å²) in [5.74, 6) is 0.170. The lowest BCUT2D eigenvalue weighted by molar-refractivity contribution is -0.114. The molecule has 0 heterocycles. The molecule has 0 aliphatic heterocycles. The van der Waals surface area contributed by atoms with Crippen LogP contribution in [0.2, 0.25) is 0 Å². The highest BCUT2D eigenvalue weighted by molar-refractivity contribution is 5.92. The van der Waals surface area contributed by atoms with Crippen molar-refractivity contribution in [1.29, 1.82) is 0 Å². The van der Waals surface area contributed by atoms with Crippen molar-refractivity contribution in [3.8, 4) is 0 Å². The maximum Gasteiger partial charge on any atom is 0.157 e. The molecule has 0 aromatic carbocycles. The summed E-state index contributed by atoms with van der Waals surface area (Å²) in [5.41, 5.74) is 0.576. The van der Waals surface area contributed by atoms with E-state index in [4.69, 9.17) is 0 Å². The van der Waals surface area contributed by atoms with Gasteiger partial charge < -0.3 is 10.4 Å². The molecule has 0 saturated heterocycles. The van der Waals surface area contributed by atoms with Gasteiger partial charge in [0.05, 0.1) is 11.6 Å². The largest absolute Gasteiger partial charge is 0.391 e. The molecule has 13 heavy (non-hydrogen) atoms. The fourth-order valence-corrected chi connectivity index (χ4v) is 1.21. The minimum atomic E-state index is -0.441. The summed E-state index contributed by atoms with van der Waals surface area (Å²) >= 11 is 0. The van der Waals surface area contributed by atoms with Gasteiger partial charge >= 0.3 is 0 Å². The van der Waals surface area contributed by atoms with Crippen molar-refractivity contribution >= 4 is 5.78 Å². The zero-order chi connectivity index (χ0) is 10.1. The van der Waals surface area contributed by atoms with Crippen LogP contribution in [0.5, 0.6) is 0 Å². The molecule has 0 fully saturated rings. The molecule has 74 valence electrons. The third kappa shape index (κ3) is 2.56. The minimum absolute atomic E-state index is 0.170. The summed E-state index contributed by atoms with van der Waals surface area (Å²) in [6.45, 7) is 5.58. The standard InChI is InChI=1S/C10H17NO2/c1-7(12)10(2,3)11-8-4-5-9(13)6-8/h6-7,11-12H,4-5H2,1-3H3. The molecule has 0 bridgehead atoms. The van der Waals surface area contributed by atoms with Crippen LogP contribution in [-0.4, -0.2) is 22.5 Å². The number of rotatable bonds is 3. The second kappa shape index (κ2) is 3.50. The van der Waals surface area contributed by atoms with Crippen LogP contribution in [0.25, 0.3) is 0 Å². The number of carbonyl (C=O) groups is 1. The average molecular weight is 183 g/mol. The Bertz CT molecular complexity index is 241. The number of allylic oxidation sites excluding steroid dienone is 2. The van der Waals surface area contributed by atoms with Crippen molar-refractivity contribution in [3.05, 3.63) is 11.8 Å². The highest BCUT2D eigenvalue weighted by Crippen LogP contribution is 2.18. The Kier molecular flexibility index (Phi) is 2.76. The smallest absolute Gasteiger partial charge is 0.157 e. The van der Waals surface area contributed by atoms with E-state index in [1.807, 2.05) is 13.8 Å². The van der Waals surface area contributed by atoms with Gasteiger partial charge in [-0.05, 0) is 27.2 Å². The molecule has 0 amide bonds. The molecule has 0 radical (unpaired) electrons. The van der Waals surface area contributed by atoms with E-state index in [-0.39, 0.29) is 11.3 Å². The molecule has 2 N–H and O–H groups in total. The Morgan fingerprint density at radius 1 is 1.54 bits per heavy atom. The van der Waals surface area contributed by atoms with Crippen LogP contribution in [0.4, 0.5) is 0 Å². The molecule has 1 unspecified atom stereocenters. The van der Waals surface area contributed by atoms with Gasteiger partial charge in [-0.25, -0.2) is 0 Å². The topological polar surface area (TPSA) is 49.3 Å². The predicted molar refractivity (Wildman–Crippen MR) is 51.2 cm³/mol. The van der Waals surface area contributed by atoms with Crippen LogP contribution in [0.3, 0.4) is 0 Å². The van der Waals surface area contributed by atoms with Gasteiger partial charge in [-0.1, -0.05) is 0 Å². The molecule has 0 saturated carbocycles. The monoisotopic (exact) mass is 183 g/mol. The predicted octanol–water partition coefficient (Wildman–Crippen LogP) is 0.982. The second-order valence-electron chi connectivity index (χ2n) is 4.16. The number of nitrogens with one attached hydrogen (secondary N) is 1. The molecule has 0 aromatic rings. The highest BCUT2D eigenvalue weighted by Gasteiger charge is 2.26. The molecular formula is C10H17NO2. The van der Waals surface area contributed by atoms with E-state index in [1.165, 1.54) is 0 Å². The number of ketones is 1. The number of hydrogen-bond donors (Lipinski definition) is 2. The Morgan fingerprint density at radius 2 is 2.15 bits per heavy atom. The number of aliphatic hydroxyl groups excluding tert-OH is 1. The molecule has 3 heteroatoms. The summed E-state index contributed by atoms with van der Waals surface area (Å²) in [4.78, 5) is 10.9. The lowest BCUT2D eigenvalue weighted by Crippen LogP contribution is -2.47. The SMILES string of the molecule is CC(O)C(C)(C)NC1=CC(=O)CC1. The van der Waals surface area contributed by atoms with Gasteiger partial charge in [0.2, 0.25) is 0 Å². The number of hydrogen-bond acceptors (Lipinski definition) is 3. The van der Waals surface area contributed by atoms with Gasteiger partial charge in [0.15, 0.2) is 5.78 Å². The van der Waals surface area contributed by atoms with Gasteiger partial charge in [0, 0.05) is 18.2 Å². The molecule has 0 spiro atoms. The maximum atomic E-state index is 10.9. The van der Waals surface area contributed by atoms with Crippen LogP contribution in [0.1, 0.15) is 33.6 Å². The van der Waals surface area contributed by atoms with E-state index in [1.54, 1.807) is 13.0 Å². The second-order valence-corrected chi connectivity index (χ2v) is 4.16. The van der Waals surface area contributed by atoms with E-state index in [9.17, 15) is 9.90 Å². The van der Waals surface area contributed by atoms with E-state index in [0.29, 0.717) is 6.42 Å². The molecule has 0 aromatic heterocycles. The average Bonchev–Trinajstić information content (AvgIpc) is 2.34. The molecule has 1 rings (SSSR count). The lowest BCUT2D eigenvalue weighted by Gasteiger charge is -2.31. The van der Waals surface area contributed by atoms with Gasteiger partial charge in [0.1, 0.15) is 0 Å².